The predicted molar refractivity (Wildman–Crippen MR) is 43.5 cm³/mol. The van der Waals surface area contributed by atoms with Crippen LogP contribution in [-0.4, -0.2) is 16.7 Å². The van der Waals surface area contributed by atoms with Gasteiger partial charge in [-0.15, -0.1) is 0 Å². The second kappa shape index (κ2) is 3.21. The van der Waals surface area contributed by atoms with Gasteiger partial charge < -0.3 is 10.7 Å². The quantitative estimate of drug-likeness (QED) is 0.501. The van der Waals surface area contributed by atoms with Gasteiger partial charge >= 0.3 is 0 Å². The number of nitrogens with one attached hydrogen (secondary N) is 1. The molecule has 0 bridgehead atoms. The number of H-pyrrole nitrogens is 1. The first-order chi connectivity index (χ1) is 5.63. The molecule has 0 spiro atoms. The highest BCUT2D eigenvalue weighted by atomic mass is 16.2. The molecule has 0 aliphatic carbocycles. The minimum Gasteiger partial charge on any atom is -0.369 e. The lowest BCUT2D eigenvalue weighted by molar-refractivity contribution is -0.119. The van der Waals surface area contributed by atoms with Gasteiger partial charge in [-0.25, -0.2) is 0 Å². The Balaban J connectivity index is 2.79. The van der Waals surface area contributed by atoms with Crippen LogP contribution in [0.25, 0.3) is 0 Å². The molecule has 1 heterocycles. The molecule has 1 amide bonds. The fourth-order valence-corrected chi connectivity index (χ4v) is 0.846. The molecule has 1 rings (SSSR count). The van der Waals surface area contributed by atoms with Crippen molar-refractivity contribution in [2.24, 2.45) is 11.7 Å². The zero-order chi connectivity index (χ0) is 9.14. The molecule has 4 nitrogen and oxygen atoms in total. The Kier molecular flexibility index (Phi) is 2.28. The zero-order valence-electron chi connectivity index (χ0n) is 6.70. The fraction of sp³-hybridized carbons (Fsp3) is 0.250. The Morgan fingerprint density at radius 3 is 2.67 bits per heavy atom. The molecule has 0 fully saturated rings. The molecule has 4 heteroatoms. The van der Waals surface area contributed by atoms with Crippen LogP contribution in [0.1, 0.15) is 17.4 Å². The largest absolute Gasteiger partial charge is 0.369 e. The molecule has 0 aliphatic rings. The van der Waals surface area contributed by atoms with Crippen LogP contribution in [0.5, 0.6) is 0 Å². The minimum atomic E-state index is -0.761. The van der Waals surface area contributed by atoms with Gasteiger partial charge in [0.2, 0.25) is 5.91 Å². The van der Waals surface area contributed by atoms with Crippen LogP contribution >= 0.6 is 0 Å². The lowest BCUT2D eigenvalue weighted by Crippen LogP contribution is -2.27. The number of amides is 1. The van der Waals surface area contributed by atoms with Crippen molar-refractivity contribution in [1.82, 2.24) is 4.98 Å². The average Bonchev–Trinajstić information content (AvgIpc) is 2.53. The van der Waals surface area contributed by atoms with Crippen LogP contribution in [0, 0.1) is 5.92 Å². The van der Waals surface area contributed by atoms with Crippen LogP contribution in [0.4, 0.5) is 0 Å². The van der Waals surface area contributed by atoms with E-state index in [9.17, 15) is 9.59 Å². The Hall–Kier alpha value is -1.58. The van der Waals surface area contributed by atoms with Gasteiger partial charge in [0.25, 0.3) is 0 Å². The van der Waals surface area contributed by atoms with Crippen molar-refractivity contribution >= 4 is 11.7 Å². The SMILES string of the molecule is CC(C(N)=O)C(=O)c1ccc[nH]1. The van der Waals surface area contributed by atoms with E-state index in [2.05, 4.69) is 4.98 Å². The van der Waals surface area contributed by atoms with Crippen LogP contribution in [-0.2, 0) is 4.79 Å². The zero-order valence-corrected chi connectivity index (χ0v) is 6.70. The summed E-state index contributed by atoms with van der Waals surface area (Å²) in [6.07, 6.45) is 1.63. The summed E-state index contributed by atoms with van der Waals surface area (Å²) in [7, 11) is 0. The van der Waals surface area contributed by atoms with E-state index in [0.29, 0.717) is 5.69 Å². The van der Waals surface area contributed by atoms with Crippen molar-refractivity contribution in [2.75, 3.05) is 0 Å². The third-order valence-electron chi connectivity index (χ3n) is 1.68. The van der Waals surface area contributed by atoms with Crippen molar-refractivity contribution in [3.63, 3.8) is 0 Å². The number of aromatic amines is 1. The van der Waals surface area contributed by atoms with E-state index in [1.807, 2.05) is 0 Å². The number of ketones is 1. The van der Waals surface area contributed by atoms with Crippen molar-refractivity contribution in [2.45, 2.75) is 6.92 Å². The van der Waals surface area contributed by atoms with Gasteiger partial charge in [0.15, 0.2) is 5.78 Å². The van der Waals surface area contributed by atoms with E-state index >= 15 is 0 Å². The summed E-state index contributed by atoms with van der Waals surface area (Å²) < 4.78 is 0. The lowest BCUT2D eigenvalue weighted by atomic mass is 10.0. The maximum Gasteiger partial charge on any atom is 0.228 e. The number of aromatic nitrogens is 1. The van der Waals surface area contributed by atoms with E-state index in [4.69, 9.17) is 5.73 Å². The number of Topliss-reactive ketones (excluding diaryl/α,β-unsaturated/α-hetero) is 1. The summed E-state index contributed by atoms with van der Waals surface area (Å²) in [5.74, 6) is -1.63. The van der Waals surface area contributed by atoms with Crippen LogP contribution in [0.15, 0.2) is 18.3 Å². The Morgan fingerprint density at radius 2 is 2.25 bits per heavy atom. The first-order valence-electron chi connectivity index (χ1n) is 3.60. The van der Waals surface area contributed by atoms with E-state index in [1.54, 1.807) is 18.3 Å². The molecule has 0 saturated heterocycles. The summed E-state index contributed by atoms with van der Waals surface area (Å²) in [5, 5.41) is 0. The van der Waals surface area contributed by atoms with Crippen molar-refractivity contribution in [3.8, 4) is 0 Å². The molecule has 0 aliphatic heterocycles. The van der Waals surface area contributed by atoms with Gasteiger partial charge in [-0.2, -0.15) is 0 Å². The number of hydrogen-bond acceptors (Lipinski definition) is 2. The van der Waals surface area contributed by atoms with Gasteiger partial charge in [-0.1, -0.05) is 0 Å². The molecule has 1 atom stereocenters. The number of nitrogens with two attached hydrogens (primary N) is 1. The average molecular weight is 166 g/mol. The van der Waals surface area contributed by atoms with Crippen molar-refractivity contribution in [1.29, 1.82) is 0 Å². The maximum atomic E-state index is 11.3. The Bertz CT molecular complexity index is 290. The van der Waals surface area contributed by atoms with Crippen molar-refractivity contribution < 1.29 is 9.59 Å². The molecule has 0 saturated carbocycles. The first kappa shape index (κ1) is 8.52. The smallest absolute Gasteiger partial charge is 0.228 e. The molecule has 0 aromatic carbocycles. The second-order valence-corrected chi connectivity index (χ2v) is 2.57. The molecule has 3 N–H and O–H groups in total. The third-order valence-corrected chi connectivity index (χ3v) is 1.68. The van der Waals surface area contributed by atoms with Gasteiger partial charge in [0.1, 0.15) is 0 Å². The molecular formula is C8H10N2O2. The molecule has 12 heavy (non-hydrogen) atoms. The van der Waals surface area contributed by atoms with E-state index < -0.39 is 11.8 Å². The minimum absolute atomic E-state index is 0.271. The van der Waals surface area contributed by atoms with Gasteiger partial charge in [0, 0.05) is 6.20 Å². The highest BCUT2D eigenvalue weighted by Gasteiger charge is 2.20. The normalized spacial score (nSPS) is 12.4. The van der Waals surface area contributed by atoms with E-state index in [0.717, 1.165) is 0 Å². The summed E-state index contributed by atoms with van der Waals surface area (Å²) in [6.45, 7) is 1.49. The standard InChI is InChI=1S/C8H10N2O2/c1-5(8(9)12)7(11)6-3-2-4-10-6/h2-5,10H,1H3,(H2,9,12). The highest BCUT2D eigenvalue weighted by Crippen LogP contribution is 2.05. The summed E-state index contributed by atoms with van der Waals surface area (Å²) in [4.78, 5) is 24.7. The molecule has 0 radical (unpaired) electrons. The summed E-state index contributed by atoms with van der Waals surface area (Å²) in [6, 6.07) is 3.31. The molecular weight excluding hydrogens is 156 g/mol. The third kappa shape index (κ3) is 1.53. The van der Waals surface area contributed by atoms with Crippen LogP contribution < -0.4 is 5.73 Å². The Labute approximate surface area is 69.8 Å². The number of primary amides is 1. The second-order valence-electron chi connectivity index (χ2n) is 2.57. The first-order valence-corrected chi connectivity index (χ1v) is 3.60. The summed E-state index contributed by atoms with van der Waals surface area (Å²) >= 11 is 0. The topological polar surface area (TPSA) is 76.0 Å². The van der Waals surface area contributed by atoms with Crippen LogP contribution in [0.2, 0.25) is 0 Å². The van der Waals surface area contributed by atoms with E-state index in [1.165, 1.54) is 6.92 Å². The molecule has 64 valence electrons. The number of rotatable bonds is 3. The highest BCUT2D eigenvalue weighted by molar-refractivity contribution is 6.08. The summed E-state index contributed by atoms with van der Waals surface area (Å²) in [5.41, 5.74) is 5.39. The number of carbonyl (C=O) groups is 2. The fourth-order valence-electron chi connectivity index (χ4n) is 0.846. The number of hydrogen-bond donors (Lipinski definition) is 2. The lowest BCUT2D eigenvalue weighted by Gasteiger charge is -2.02. The van der Waals surface area contributed by atoms with E-state index in [-0.39, 0.29) is 5.78 Å². The Morgan fingerprint density at radius 1 is 1.58 bits per heavy atom. The van der Waals surface area contributed by atoms with Gasteiger partial charge in [-0.05, 0) is 19.1 Å². The predicted octanol–water partition coefficient (Wildman–Crippen LogP) is 0.319. The molecule has 1 unspecified atom stereocenters. The van der Waals surface area contributed by atoms with Gasteiger partial charge in [0.05, 0.1) is 11.6 Å². The maximum absolute atomic E-state index is 11.3. The number of carbonyl (C=O) groups excluding carboxylic acids is 2. The van der Waals surface area contributed by atoms with Crippen LogP contribution in [0.3, 0.4) is 0 Å². The molecule has 1 aromatic rings. The van der Waals surface area contributed by atoms with Gasteiger partial charge in [-0.3, -0.25) is 9.59 Å². The van der Waals surface area contributed by atoms with Crippen molar-refractivity contribution in [3.05, 3.63) is 24.0 Å². The molecule has 1 aromatic heterocycles. The monoisotopic (exact) mass is 166 g/mol.